The summed E-state index contributed by atoms with van der Waals surface area (Å²) in [4.78, 5) is 16.0. The molecule has 0 saturated carbocycles. The zero-order chi connectivity index (χ0) is 14.7. The van der Waals surface area contributed by atoms with Crippen LogP contribution in [0.2, 0.25) is 0 Å². The van der Waals surface area contributed by atoms with Crippen molar-refractivity contribution in [3.05, 3.63) is 42.5 Å². The Morgan fingerprint density at radius 2 is 2.18 bits per heavy atom. The van der Waals surface area contributed by atoms with Crippen LogP contribution < -0.4 is 10.6 Å². The van der Waals surface area contributed by atoms with Crippen molar-refractivity contribution in [1.29, 1.82) is 0 Å². The van der Waals surface area contributed by atoms with Gasteiger partial charge in [0.05, 0.1) is 17.8 Å². The van der Waals surface area contributed by atoms with Gasteiger partial charge in [-0.15, -0.1) is 12.4 Å². The van der Waals surface area contributed by atoms with Gasteiger partial charge in [-0.25, -0.2) is 9.67 Å². The number of amides is 1. The van der Waals surface area contributed by atoms with Crippen molar-refractivity contribution in [2.24, 2.45) is 0 Å². The van der Waals surface area contributed by atoms with Crippen LogP contribution in [-0.2, 0) is 4.79 Å². The molecule has 0 aliphatic carbocycles. The molecule has 3 rings (SSSR count). The molecule has 22 heavy (non-hydrogen) atoms. The Bertz CT molecular complexity index is 593. The first-order chi connectivity index (χ1) is 10.2. The van der Waals surface area contributed by atoms with Gasteiger partial charge in [-0.1, -0.05) is 12.1 Å². The number of aromatic nitrogens is 3. The normalized spacial score (nSPS) is 18.5. The third-order valence-electron chi connectivity index (χ3n) is 3.81. The second kappa shape index (κ2) is 7.38. The fraction of sp³-hybridized carbons (Fsp3) is 0.400. The molecule has 0 radical (unpaired) electrons. The van der Waals surface area contributed by atoms with E-state index in [2.05, 4.69) is 20.7 Å². The molecule has 1 aromatic carbocycles. The highest BCUT2D eigenvalue weighted by Gasteiger charge is 2.23. The van der Waals surface area contributed by atoms with E-state index >= 15 is 0 Å². The molecule has 1 saturated heterocycles. The van der Waals surface area contributed by atoms with E-state index in [1.54, 1.807) is 11.0 Å². The first-order valence-electron chi connectivity index (χ1n) is 7.23. The maximum atomic E-state index is 12.1. The lowest BCUT2D eigenvalue weighted by molar-refractivity contribution is -0.123. The van der Waals surface area contributed by atoms with Crippen LogP contribution >= 0.6 is 12.4 Å². The van der Waals surface area contributed by atoms with Gasteiger partial charge in [0.1, 0.15) is 12.7 Å². The van der Waals surface area contributed by atoms with E-state index in [4.69, 9.17) is 0 Å². The Labute approximate surface area is 135 Å². The molecule has 2 atom stereocenters. The van der Waals surface area contributed by atoms with Gasteiger partial charge in [-0.2, -0.15) is 5.10 Å². The van der Waals surface area contributed by atoms with Crippen molar-refractivity contribution in [3.63, 3.8) is 0 Å². The van der Waals surface area contributed by atoms with Gasteiger partial charge in [0.25, 0.3) is 0 Å². The van der Waals surface area contributed by atoms with Crippen LogP contribution in [0.25, 0.3) is 5.69 Å². The third-order valence-corrected chi connectivity index (χ3v) is 3.81. The van der Waals surface area contributed by atoms with Crippen LogP contribution in [0.3, 0.4) is 0 Å². The monoisotopic (exact) mass is 321 g/mol. The molecule has 6 nitrogen and oxygen atoms in total. The van der Waals surface area contributed by atoms with Crippen LogP contribution in [0.4, 0.5) is 0 Å². The largest absolute Gasteiger partial charge is 0.348 e. The van der Waals surface area contributed by atoms with Crippen molar-refractivity contribution >= 4 is 18.3 Å². The summed E-state index contributed by atoms with van der Waals surface area (Å²) < 4.78 is 1.70. The molecule has 2 aromatic rings. The lowest BCUT2D eigenvalue weighted by atomic mass is 10.1. The standard InChI is InChI=1S/C15H19N5O.ClH/c1-11(19-15(21)14-3-2-8-17-14)12-4-6-13(7-5-12)20-10-16-9-18-20;/h4-7,9-11,14,17H,2-3,8H2,1H3,(H,19,21);1H. The van der Waals surface area contributed by atoms with E-state index in [1.807, 2.05) is 31.2 Å². The number of nitrogens with one attached hydrogen (secondary N) is 2. The van der Waals surface area contributed by atoms with Crippen molar-refractivity contribution in [2.45, 2.75) is 31.8 Å². The predicted molar refractivity (Wildman–Crippen MR) is 86.2 cm³/mol. The number of hydrogen-bond donors (Lipinski definition) is 2. The first kappa shape index (κ1) is 16.5. The molecule has 1 amide bonds. The number of carbonyl (C=O) groups excluding carboxylic acids is 1. The first-order valence-corrected chi connectivity index (χ1v) is 7.23. The van der Waals surface area contributed by atoms with Crippen LogP contribution in [0, 0.1) is 0 Å². The Morgan fingerprint density at radius 3 is 2.77 bits per heavy atom. The Morgan fingerprint density at radius 1 is 1.41 bits per heavy atom. The lowest BCUT2D eigenvalue weighted by Gasteiger charge is -2.18. The minimum Gasteiger partial charge on any atom is -0.348 e. The molecule has 118 valence electrons. The Hall–Kier alpha value is -1.92. The van der Waals surface area contributed by atoms with Crippen molar-refractivity contribution in [2.75, 3.05) is 6.54 Å². The number of halogens is 1. The van der Waals surface area contributed by atoms with E-state index in [0.717, 1.165) is 30.6 Å². The maximum absolute atomic E-state index is 12.1. The molecule has 1 aromatic heterocycles. The summed E-state index contributed by atoms with van der Waals surface area (Å²) in [6.45, 7) is 2.93. The molecule has 7 heteroatoms. The maximum Gasteiger partial charge on any atom is 0.237 e. The SMILES string of the molecule is CC(NC(=O)C1CCCN1)c1ccc(-n2cncn2)cc1.Cl. The van der Waals surface area contributed by atoms with E-state index in [1.165, 1.54) is 6.33 Å². The quantitative estimate of drug-likeness (QED) is 0.897. The minimum atomic E-state index is -0.0399. The summed E-state index contributed by atoms with van der Waals surface area (Å²) in [5.41, 5.74) is 2.03. The lowest BCUT2D eigenvalue weighted by Crippen LogP contribution is -2.41. The van der Waals surface area contributed by atoms with Gasteiger partial charge < -0.3 is 10.6 Å². The van der Waals surface area contributed by atoms with Crippen LogP contribution in [0.1, 0.15) is 31.4 Å². The molecule has 1 aliphatic heterocycles. The Kier molecular flexibility index (Phi) is 5.51. The van der Waals surface area contributed by atoms with Gasteiger partial charge in [0, 0.05) is 0 Å². The Balaban J connectivity index is 0.00000176. The molecular weight excluding hydrogens is 302 g/mol. The average Bonchev–Trinajstić information content (AvgIpc) is 3.20. The van der Waals surface area contributed by atoms with E-state index in [0.29, 0.717) is 0 Å². The van der Waals surface area contributed by atoms with Gasteiger partial charge >= 0.3 is 0 Å². The second-order valence-electron chi connectivity index (χ2n) is 5.31. The van der Waals surface area contributed by atoms with Gasteiger partial charge in [0.2, 0.25) is 5.91 Å². The van der Waals surface area contributed by atoms with Gasteiger partial charge in [-0.3, -0.25) is 4.79 Å². The average molecular weight is 322 g/mol. The molecule has 0 spiro atoms. The van der Waals surface area contributed by atoms with Crippen LogP contribution in [0.5, 0.6) is 0 Å². The highest BCUT2D eigenvalue weighted by Crippen LogP contribution is 2.16. The predicted octanol–water partition coefficient (Wildman–Crippen LogP) is 1.62. The fourth-order valence-corrected chi connectivity index (χ4v) is 2.56. The molecule has 0 bridgehead atoms. The topological polar surface area (TPSA) is 71.8 Å². The summed E-state index contributed by atoms with van der Waals surface area (Å²) in [6, 6.07) is 7.90. The van der Waals surface area contributed by atoms with Crippen LogP contribution in [-0.4, -0.2) is 33.3 Å². The smallest absolute Gasteiger partial charge is 0.237 e. The van der Waals surface area contributed by atoms with Gasteiger partial charge in [-0.05, 0) is 44.0 Å². The van der Waals surface area contributed by atoms with Crippen molar-refractivity contribution in [3.8, 4) is 5.69 Å². The zero-order valence-corrected chi connectivity index (χ0v) is 13.2. The molecular formula is C15H20ClN5O. The molecule has 2 N–H and O–H groups in total. The van der Waals surface area contributed by atoms with E-state index in [9.17, 15) is 4.79 Å². The van der Waals surface area contributed by atoms with E-state index < -0.39 is 0 Å². The summed E-state index contributed by atoms with van der Waals surface area (Å²) in [6.07, 6.45) is 5.15. The molecule has 1 fully saturated rings. The van der Waals surface area contributed by atoms with Crippen molar-refractivity contribution in [1.82, 2.24) is 25.4 Å². The van der Waals surface area contributed by atoms with Crippen molar-refractivity contribution < 1.29 is 4.79 Å². The summed E-state index contributed by atoms with van der Waals surface area (Å²) >= 11 is 0. The fourth-order valence-electron chi connectivity index (χ4n) is 2.56. The number of carbonyl (C=O) groups is 1. The summed E-state index contributed by atoms with van der Waals surface area (Å²) in [7, 11) is 0. The number of nitrogens with zero attached hydrogens (tertiary/aromatic N) is 3. The molecule has 2 unspecified atom stereocenters. The summed E-state index contributed by atoms with van der Waals surface area (Å²) in [5, 5.41) is 10.4. The summed E-state index contributed by atoms with van der Waals surface area (Å²) in [5.74, 6) is 0.0837. The number of benzene rings is 1. The number of rotatable bonds is 4. The highest BCUT2D eigenvalue weighted by atomic mass is 35.5. The number of hydrogen-bond acceptors (Lipinski definition) is 4. The minimum absolute atomic E-state index is 0. The third kappa shape index (κ3) is 3.64. The van der Waals surface area contributed by atoms with E-state index in [-0.39, 0.29) is 30.4 Å². The van der Waals surface area contributed by atoms with Gasteiger partial charge in [0.15, 0.2) is 0 Å². The molecule has 1 aliphatic rings. The second-order valence-corrected chi connectivity index (χ2v) is 5.31. The highest BCUT2D eigenvalue weighted by molar-refractivity contribution is 5.85. The molecule has 2 heterocycles. The van der Waals surface area contributed by atoms with Crippen LogP contribution in [0.15, 0.2) is 36.9 Å². The zero-order valence-electron chi connectivity index (χ0n) is 12.4.